The molecule has 1 fully saturated rings. The van der Waals surface area contributed by atoms with E-state index in [-0.39, 0.29) is 22.7 Å². The number of esters is 1. The van der Waals surface area contributed by atoms with E-state index < -0.39 is 12.0 Å². The van der Waals surface area contributed by atoms with Crippen molar-refractivity contribution < 1.29 is 23.5 Å². The van der Waals surface area contributed by atoms with Crippen LogP contribution in [0, 0.1) is 6.92 Å². The predicted octanol–water partition coefficient (Wildman–Crippen LogP) is 3.42. The van der Waals surface area contributed by atoms with Gasteiger partial charge in [0, 0.05) is 31.2 Å². The molecule has 1 saturated heterocycles. The maximum absolute atomic E-state index is 13.7. The molecule has 0 bridgehead atoms. The van der Waals surface area contributed by atoms with Gasteiger partial charge in [-0.1, -0.05) is 23.7 Å². The van der Waals surface area contributed by atoms with E-state index in [1.54, 1.807) is 41.3 Å². The van der Waals surface area contributed by atoms with Gasteiger partial charge in [0.2, 0.25) is 5.76 Å². The van der Waals surface area contributed by atoms with Gasteiger partial charge in [-0.3, -0.25) is 14.5 Å². The summed E-state index contributed by atoms with van der Waals surface area (Å²) in [5.74, 6) is -0.741. The molecule has 2 aliphatic rings. The molecule has 1 unspecified atom stereocenters. The van der Waals surface area contributed by atoms with Gasteiger partial charge in [-0.25, -0.2) is 4.79 Å². The topological polar surface area (TPSA) is 89.3 Å². The van der Waals surface area contributed by atoms with Crippen molar-refractivity contribution in [3.05, 3.63) is 79.7 Å². The molecular weight excluding hydrogens is 472 g/mol. The Morgan fingerprint density at radius 2 is 1.83 bits per heavy atom. The Morgan fingerprint density at radius 1 is 1.11 bits per heavy atom. The fourth-order valence-electron chi connectivity index (χ4n) is 4.71. The van der Waals surface area contributed by atoms with Crippen LogP contribution in [-0.2, 0) is 9.47 Å². The van der Waals surface area contributed by atoms with E-state index in [2.05, 4.69) is 4.90 Å². The van der Waals surface area contributed by atoms with Crippen molar-refractivity contribution in [2.45, 2.75) is 13.0 Å². The molecule has 0 N–H and O–H groups in total. The van der Waals surface area contributed by atoms with Gasteiger partial charge in [0.1, 0.15) is 5.58 Å². The number of fused-ring (bicyclic) bond motifs is 2. The third-order valence-corrected chi connectivity index (χ3v) is 7.06. The number of halogens is 1. The van der Waals surface area contributed by atoms with Crippen molar-refractivity contribution in [1.82, 2.24) is 9.80 Å². The Hall–Kier alpha value is -3.20. The van der Waals surface area contributed by atoms with Crippen LogP contribution in [0.1, 0.15) is 43.6 Å². The van der Waals surface area contributed by atoms with E-state index in [1.165, 1.54) is 7.11 Å². The number of nitrogens with zero attached hydrogens (tertiary/aromatic N) is 2. The van der Waals surface area contributed by atoms with Crippen molar-refractivity contribution in [2.24, 2.45) is 0 Å². The summed E-state index contributed by atoms with van der Waals surface area (Å²) in [5, 5.41) is 0.788. The van der Waals surface area contributed by atoms with Crippen molar-refractivity contribution in [3.63, 3.8) is 0 Å². The minimum absolute atomic E-state index is 0.0493. The number of rotatable bonds is 5. The maximum Gasteiger partial charge on any atom is 0.337 e. The van der Waals surface area contributed by atoms with Crippen LogP contribution in [0.3, 0.4) is 0 Å². The van der Waals surface area contributed by atoms with E-state index in [0.717, 1.165) is 18.7 Å². The molecule has 0 spiro atoms. The van der Waals surface area contributed by atoms with Gasteiger partial charge in [0.15, 0.2) is 5.43 Å². The number of aryl methyl sites for hydroxylation is 1. The van der Waals surface area contributed by atoms with Gasteiger partial charge in [-0.15, -0.1) is 0 Å². The summed E-state index contributed by atoms with van der Waals surface area (Å²) in [5.41, 5.74) is 2.18. The van der Waals surface area contributed by atoms with E-state index in [9.17, 15) is 14.4 Å². The normalized spacial score (nSPS) is 18.2. The van der Waals surface area contributed by atoms with E-state index >= 15 is 0 Å². The van der Waals surface area contributed by atoms with E-state index in [0.29, 0.717) is 53.4 Å². The molecule has 0 saturated carbocycles. The average molecular weight is 497 g/mol. The van der Waals surface area contributed by atoms with Crippen molar-refractivity contribution in [1.29, 1.82) is 0 Å². The number of hydrogen-bond donors (Lipinski definition) is 0. The van der Waals surface area contributed by atoms with Crippen LogP contribution >= 0.6 is 11.6 Å². The van der Waals surface area contributed by atoms with Gasteiger partial charge in [-0.05, 0) is 42.3 Å². The largest absolute Gasteiger partial charge is 0.465 e. The SMILES string of the molecule is COC(=O)c1ccc(C2c3c(oc4cc(C)c(Cl)cc4c3=O)C(=O)N2CCN2CCOCC2)cc1. The molecule has 0 radical (unpaired) electrons. The summed E-state index contributed by atoms with van der Waals surface area (Å²) in [4.78, 5) is 43.1. The second kappa shape index (κ2) is 9.45. The third kappa shape index (κ3) is 4.22. The Bertz CT molecular complexity index is 1360. The number of hydrogen-bond acceptors (Lipinski definition) is 7. The lowest BCUT2D eigenvalue weighted by molar-refractivity contribution is 0.0314. The lowest BCUT2D eigenvalue weighted by Crippen LogP contribution is -2.42. The zero-order valence-electron chi connectivity index (χ0n) is 19.5. The molecule has 2 aliphatic heterocycles. The van der Waals surface area contributed by atoms with Crippen LogP contribution in [0.2, 0.25) is 5.02 Å². The Labute approximate surface area is 207 Å². The molecule has 9 heteroatoms. The highest BCUT2D eigenvalue weighted by Gasteiger charge is 2.42. The second-order valence-corrected chi connectivity index (χ2v) is 9.15. The molecule has 3 heterocycles. The predicted molar refractivity (Wildman–Crippen MR) is 130 cm³/mol. The highest BCUT2D eigenvalue weighted by atomic mass is 35.5. The van der Waals surface area contributed by atoms with Crippen LogP contribution in [0.4, 0.5) is 0 Å². The lowest BCUT2D eigenvalue weighted by atomic mass is 9.97. The summed E-state index contributed by atoms with van der Waals surface area (Å²) in [7, 11) is 1.32. The fraction of sp³-hybridized carbons (Fsp3) is 0.346. The maximum atomic E-state index is 13.7. The first-order chi connectivity index (χ1) is 16.9. The molecule has 3 aromatic rings. The summed E-state index contributed by atoms with van der Waals surface area (Å²) in [6, 6.07) is 9.38. The van der Waals surface area contributed by atoms with E-state index in [1.807, 2.05) is 6.92 Å². The van der Waals surface area contributed by atoms with Crippen molar-refractivity contribution in [2.75, 3.05) is 46.5 Å². The van der Waals surface area contributed by atoms with Gasteiger partial charge in [0.25, 0.3) is 5.91 Å². The van der Waals surface area contributed by atoms with Crippen molar-refractivity contribution in [3.8, 4) is 0 Å². The number of carbonyl (C=O) groups excluding carboxylic acids is 2. The number of benzene rings is 2. The smallest absolute Gasteiger partial charge is 0.337 e. The molecular formula is C26H25ClN2O6. The van der Waals surface area contributed by atoms with Crippen LogP contribution in [-0.4, -0.2) is 68.2 Å². The molecule has 35 heavy (non-hydrogen) atoms. The monoisotopic (exact) mass is 496 g/mol. The quantitative estimate of drug-likeness (QED) is 0.500. The second-order valence-electron chi connectivity index (χ2n) is 8.74. The zero-order chi connectivity index (χ0) is 24.7. The number of ether oxygens (including phenoxy) is 2. The van der Waals surface area contributed by atoms with Crippen molar-refractivity contribution >= 4 is 34.4 Å². The van der Waals surface area contributed by atoms with Gasteiger partial charge >= 0.3 is 5.97 Å². The molecule has 182 valence electrons. The van der Waals surface area contributed by atoms with E-state index in [4.69, 9.17) is 25.5 Å². The van der Waals surface area contributed by atoms with Crippen LogP contribution in [0.15, 0.2) is 45.6 Å². The molecule has 1 aromatic heterocycles. The number of methoxy groups -OCH3 is 1. The number of amides is 1. The Balaban J connectivity index is 1.60. The fourth-order valence-corrected chi connectivity index (χ4v) is 4.87. The summed E-state index contributed by atoms with van der Waals surface area (Å²) in [6.07, 6.45) is 0. The lowest BCUT2D eigenvalue weighted by Gasteiger charge is -2.31. The third-order valence-electron chi connectivity index (χ3n) is 6.66. The van der Waals surface area contributed by atoms with Gasteiger partial charge < -0.3 is 18.8 Å². The number of morpholine rings is 1. The molecule has 1 atom stereocenters. The summed E-state index contributed by atoms with van der Waals surface area (Å²) >= 11 is 6.30. The van der Waals surface area contributed by atoms with Crippen LogP contribution in [0.5, 0.6) is 0 Å². The van der Waals surface area contributed by atoms with Gasteiger partial charge in [0.05, 0.1) is 42.9 Å². The number of carbonyl (C=O) groups is 2. The molecule has 0 aliphatic carbocycles. The molecule has 5 rings (SSSR count). The van der Waals surface area contributed by atoms with Gasteiger partial charge in [-0.2, -0.15) is 0 Å². The zero-order valence-corrected chi connectivity index (χ0v) is 20.3. The highest BCUT2D eigenvalue weighted by Crippen LogP contribution is 2.38. The molecule has 2 aromatic carbocycles. The first kappa shape index (κ1) is 23.5. The highest BCUT2D eigenvalue weighted by molar-refractivity contribution is 6.32. The molecule has 8 nitrogen and oxygen atoms in total. The standard InChI is InChI=1S/C26H25ClN2O6/c1-15-13-20-18(14-19(15)27)23(30)21-22(16-3-5-17(6-4-16)26(32)33-2)29(25(31)24(21)35-20)8-7-28-9-11-34-12-10-28/h3-6,13-14,22H,7-12H2,1-2H3. The van der Waals surface area contributed by atoms with Crippen LogP contribution < -0.4 is 5.43 Å². The minimum atomic E-state index is -0.647. The summed E-state index contributed by atoms with van der Waals surface area (Å²) in [6.45, 7) is 5.73. The van der Waals surface area contributed by atoms with Crippen LogP contribution in [0.25, 0.3) is 11.0 Å². The Morgan fingerprint density at radius 3 is 2.51 bits per heavy atom. The first-order valence-electron chi connectivity index (χ1n) is 11.4. The average Bonchev–Trinajstić information content (AvgIpc) is 3.16. The minimum Gasteiger partial charge on any atom is -0.465 e. The summed E-state index contributed by atoms with van der Waals surface area (Å²) < 4.78 is 16.2. The Kier molecular flexibility index (Phi) is 6.35. The molecule has 1 amide bonds. The first-order valence-corrected chi connectivity index (χ1v) is 11.8.